The van der Waals surface area contributed by atoms with Crippen LogP contribution in [0.4, 0.5) is 5.95 Å². The maximum atomic E-state index is 8.97. The van der Waals surface area contributed by atoms with Gasteiger partial charge in [-0.2, -0.15) is 0 Å². The molecular formula is C27H33BCl2N6O4. The van der Waals surface area contributed by atoms with E-state index >= 15 is 0 Å². The molecule has 5 rings (SSSR count). The zero-order valence-corrected chi connectivity index (χ0v) is 23.9. The number of halogens is 2. The van der Waals surface area contributed by atoms with Gasteiger partial charge < -0.3 is 29.2 Å². The van der Waals surface area contributed by atoms with Crippen molar-refractivity contribution in [3.05, 3.63) is 58.3 Å². The van der Waals surface area contributed by atoms with E-state index in [4.69, 9.17) is 47.6 Å². The maximum Gasteiger partial charge on any atom is 0.633 e. The molecule has 0 bridgehead atoms. The quantitative estimate of drug-likeness (QED) is 0.361. The molecule has 2 fully saturated rings. The summed E-state index contributed by atoms with van der Waals surface area (Å²) in [6.45, 7) is 6.52. The maximum absolute atomic E-state index is 8.97. The fourth-order valence-corrected chi connectivity index (χ4v) is 5.52. The van der Waals surface area contributed by atoms with Crippen LogP contribution in [0.1, 0.15) is 18.4 Å². The van der Waals surface area contributed by atoms with Crippen molar-refractivity contribution in [3.8, 4) is 22.9 Å². The summed E-state index contributed by atoms with van der Waals surface area (Å²) in [7, 11) is 0.393. The van der Waals surface area contributed by atoms with E-state index in [1.165, 1.54) is 0 Å². The lowest BCUT2D eigenvalue weighted by Crippen LogP contribution is -2.45. The Morgan fingerprint density at radius 3 is 2.25 bits per heavy atom. The van der Waals surface area contributed by atoms with Crippen LogP contribution < -0.4 is 9.64 Å². The van der Waals surface area contributed by atoms with Crippen molar-refractivity contribution in [3.63, 3.8) is 0 Å². The van der Waals surface area contributed by atoms with Crippen molar-refractivity contribution in [2.45, 2.75) is 19.4 Å². The van der Waals surface area contributed by atoms with E-state index < -0.39 is 7.32 Å². The highest BCUT2D eigenvalue weighted by atomic mass is 35.5. The number of nitrogens with zero attached hydrogens (tertiary/aromatic N) is 6. The number of hydrogen-bond acceptors (Lipinski definition) is 10. The number of benzene rings is 1. The molecule has 0 spiro atoms. The molecule has 2 aliphatic rings. The second kappa shape index (κ2) is 13.4. The molecule has 0 unspecified atom stereocenters. The van der Waals surface area contributed by atoms with Gasteiger partial charge in [-0.05, 0) is 68.7 Å². The van der Waals surface area contributed by atoms with Crippen LogP contribution in [0.3, 0.4) is 0 Å². The molecule has 1 aromatic carbocycles. The molecule has 2 N–H and O–H groups in total. The van der Waals surface area contributed by atoms with Crippen LogP contribution in [0.5, 0.6) is 11.6 Å². The van der Waals surface area contributed by atoms with E-state index in [-0.39, 0.29) is 0 Å². The highest BCUT2D eigenvalue weighted by Gasteiger charge is 2.22. The fourth-order valence-electron chi connectivity index (χ4n) is 5.00. The molecule has 0 radical (unpaired) electrons. The molecule has 0 atom stereocenters. The molecular weight excluding hydrogens is 554 g/mol. The zero-order chi connectivity index (χ0) is 28.1. The van der Waals surface area contributed by atoms with Gasteiger partial charge in [-0.25, -0.2) is 15.0 Å². The highest BCUT2D eigenvalue weighted by molar-refractivity contribution is 6.35. The van der Waals surface area contributed by atoms with E-state index in [9.17, 15) is 0 Å². The van der Waals surface area contributed by atoms with Crippen LogP contribution in [-0.4, -0.2) is 95.0 Å². The SMILES string of the molecule is CN1CCN(c2ncc(Oc3cc(CN4CCC(COB(O)O)CC4)cc(-c4cc(Cl)cc(Cl)c4)n3)cn2)CC1. The van der Waals surface area contributed by atoms with Gasteiger partial charge in [0.15, 0.2) is 5.75 Å². The topological polar surface area (TPSA) is 107 Å². The van der Waals surface area contributed by atoms with Crippen molar-refractivity contribution in [2.24, 2.45) is 5.92 Å². The molecule has 4 heterocycles. The molecule has 0 aliphatic carbocycles. The van der Waals surface area contributed by atoms with E-state index in [2.05, 4.69) is 31.7 Å². The van der Waals surface area contributed by atoms with E-state index in [0.29, 0.717) is 52.4 Å². The Morgan fingerprint density at radius 1 is 0.925 bits per heavy atom. The van der Waals surface area contributed by atoms with Crippen molar-refractivity contribution in [1.82, 2.24) is 24.8 Å². The summed E-state index contributed by atoms with van der Waals surface area (Å²) in [6.07, 6.45) is 5.19. The minimum absolute atomic E-state index is 0.298. The molecule has 10 nitrogen and oxygen atoms in total. The highest BCUT2D eigenvalue weighted by Crippen LogP contribution is 2.31. The Labute approximate surface area is 244 Å². The minimum atomic E-state index is -1.72. The summed E-state index contributed by atoms with van der Waals surface area (Å²) < 4.78 is 11.1. The number of hydrogen-bond donors (Lipinski definition) is 2. The number of likely N-dealkylation sites (N-methyl/N-ethyl adjacent to an activating group) is 1. The largest absolute Gasteiger partial charge is 0.633 e. The second-order valence-electron chi connectivity index (χ2n) is 10.3. The summed E-state index contributed by atoms with van der Waals surface area (Å²) in [4.78, 5) is 20.6. The van der Waals surface area contributed by atoms with Crippen molar-refractivity contribution in [2.75, 3.05) is 57.8 Å². The van der Waals surface area contributed by atoms with E-state index in [0.717, 1.165) is 63.2 Å². The fraction of sp³-hybridized carbons (Fsp3) is 0.444. The molecule has 13 heteroatoms. The third kappa shape index (κ3) is 8.04. The Balaban J connectivity index is 1.32. The molecule has 0 amide bonds. The molecule has 3 aromatic rings. The molecule has 212 valence electrons. The summed E-state index contributed by atoms with van der Waals surface area (Å²) in [6, 6.07) is 9.31. The average Bonchev–Trinajstić information content (AvgIpc) is 2.93. The number of piperazine rings is 1. The molecule has 2 saturated heterocycles. The van der Waals surface area contributed by atoms with Gasteiger partial charge in [0.1, 0.15) is 0 Å². The van der Waals surface area contributed by atoms with E-state index in [1.807, 2.05) is 24.3 Å². The van der Waals surface area contributed by atoms with Gasteiger partial charge in [0.25, 0.3) is 0 Å². The number of rotatable bonds is 9. The number of pyridine rings is 1. The number of ether oxygens (including phenoxy) is 1. The number of piperidine rings is 1. The Hall–Kier alpha value is -2.51. The van der Waals surface area contributed by atoms with Crippen LogP contribution in [0.25, 0.3) is 11.3 Å². The molecule has 40 heavy (non-hydrogen) atoms. The van der Waals surface area contributed by atoms with Gasteiger partial charge in [-0.3, -0.25) is 4.90 Å². The normalized spacial score (nSPS) is 17.3. The zero-order valence-electron chi connectivity index (χ0n) is 22.4. The first kappa shape index (κ1) is 29.0. The van der Waals surface area contributed by atoms with Gasteiger partial charge >= 0.3 is 7.32 Å². The Bertz CT molecular complexity index is 1250. The second-order valence-corrected chi connectivity index (χ2v) is 11.2. The van der Waals surface area contributed by atoms with Crippen molar-refractivity contribution < 1.29 is 19.4 Å². The van der Waals surface area contributed by atoms with Crippen molar-refractivity contribution in [1.29, 1.82) is 0 Å². The first-order valence-corrected chi connectivity index (χ1v) is 14.2. The van der Waals surface area contributed by atoms with Gasteiger partial charge in [0.05, 0.1) is 18.1 Å². The molecule has 2 aliphatic heterocycles. The minimum Gasteiger partial charge on any atom is -0.436 e. The lowest BCUT2D eigenvalue weighted by Gasteiger charge is -2.32. The van der Waals surface area contributed by atoms with E-state index in [1.54, 1.807) is 18.5 Å². The summed E-state index contributed by atoms with van der Waals surface area (Å²) in [5.74, 6) is 1.93. The van der Waals surface area contributed by atoms with Crippen LogP contribution in [0.15, 0.2) is 42.7 Å². The standard InChI is InChI=1S/C27H33BCl2N6O4/c1-34-6-8-36(9-7-34)27-31-15-24(16-32-27)40-26-11-20(10-25(33-26)21-12-22(29)14-23(30)13-21)17-35-4-2-19(3-5-35)18-39-28(37)38/h10-16,19,37-38H,2-9,17-18H2,1H3. The summed E-state index contributed by atoms with van der Waals surface area (Å²) in [5, 5.41) is 19.0. The monoisotopic (exact) mass is 586 g/mol. The Kier molecular flexibility index (Phi) is 9.74. The lowest BCUT2D eigenvalue weighted by molar-refractivity contribution is 0.106. The smallest absolute Gasteiger partial charge is 0.436 e. The first-order chi connectivity index (χ1) is 19.3. The predicted octanol–water partition coefficient (Wildman–Crippen LogP) is 3.59. The van der Waals surface area contributed by atoms with Crippen LogP contribution in [0, 0.1) is 5.92 Å². The van der Waals surface area contributed by atoms with Crippen LogP contribution in [0.2, 0.25) is 10.0 Å². The Morgan fingerprint density at radius 2 is 1.60 bits per heavy atom. The number of aromatic nitrogens is 3. The van der Waals surface area contributed by atoms with Crippen molar-refractivity contribution >= 4 is 36.5 Å². The third-order valence-electron chi connectivity index (χ3n) is 7.24. The number of likely N-dealkylation sites (tertiary alicyclic amines) is 1. The summed E-state index contributed by atoms with van der Waals surface area (Å²) >= 11 is 12.6. The molecule has 0 saturated carbocycles. The van der Waals surface area contributed by atoms with Gasteiger partial charge in [0.2, 0.25) is 11.8 Å². The average molecular weight is 587 g/mol. The molecule has 2 aromatic heterocycles. The van der Waals surface area contributed by atoms with Crippen LogP contribution in [-0.2, 0) is 11.2 Å². The lowest BCUT2D eigenvalue weighted by atomic mass is 9.97. The van der Waals surface area contributed by atoms with Crippen LogP contribution >= 0.6 is 23.2 Å². The first-order valence-electron chi connectivity index (χ1n) is 13.4. The summed E-state index contributed by atoms with van der Waals surface area (Å²) in [5.41, 5.74) is 2.53. The van der Waals surface area contributed by atoms with Gasteiger partial charge in [0, 0.05) is 61.0 Å². The number of anilines is 1. The predicted molar refractivity (Wildman–Crippen MR) is 156 cm³/mol. The van der Waals surface area contributed by atoms with Gasteiger partial charge in [-0.1, -0.05) is 23.2 Å². The third-order valence-corrected chi connectivity index (χ3v) is 7.67. The van der Waals surface area contributed by atoms with Gasteiger partial charge in [-0.15, -0.1) is 0 Å².